The van der Waals surface area contributed by atoms with Crippen molar-refractivity contribution in [1.29, 1.82) is 0 Å². The van der Waals surface area contributed by atoms with E-state index in [9.17, 15) is 9.59 Å². The minimum atomic E-state index is -0.774. The van der Waals surface area contributed by atoms with Gasteiger partial charge in [-0.15, -0.1) is 0 Å². The number of hydrogen-bond donors (Lipinski definition) is 2. The molecule has 2 aromatic rings. The fraction of sp³-hybridized carbons (Fsp3) is 0.300. The molecule has 0 radical (unpaired) electrons. The number of ether oxygens (including phenoxy) is 1. The molecule has 138 valence electrons. The molecule has 6 heteroatoms. The molecule has 5 nitrogen and oxygen atoms in total. The molecule has 0 aliphatic rings. The van der Waals surface area contributed by atoms with Crippen LogP contribution in [0.15, 0.2) is 48.5 Å². The molecule has 0 spiro atoms. The van der Waals surface area contributed by atoms with Crippen molar-refractivity contribution in [3.05, 3.63) is 59.1 Å². The summed E-state index contributed by atoms with van der Waals surface area (Å²) >= 11 is 5.89. The van der Waals surface area contributed by atoms with Crippen molar-refractivity contribution < 1.29 is 14.3 Å². The van der Waals surface area contributed by atoms with Crippen LogP contribution in [0.2, 0.25) is 5.02 Å². The molecule has 0 fully saturated rings. The monoisotopic (exact) mass is 374 g/mol. The van der Waals surface area contributed by atoms with Crippen LogP contribution in [0.1, 0.15) is 26.3 Å². The van der Waals surface area contributed by atoms with E-state index in [0.29, 0.717) is 17.3 Å². The molecule has 0 atom stereocenters. The largest absolute Gasteiger partial charge is 0.494 e. The Morgan fingerprint density at radius 1 is 1.04 bits per heavy atom. The first-order valence-corrected chi connectivity index (χ1v) is 8.77. The van der Waals surface area contributed by atoms with Gasteiger partial charge >= 0.3 is 0 Å². The maximum absolute atomic E-state index is 12.5. The van der Waals surface area contributed by atoms with Crippen LogP contribution in [-0.4, -0.2) is 25.0 Å². The van der Waals surface area contributed by atoms with Gasteiger partial charge in [0.1, 0.15) is 5.75 Å². The molecule has 0 unspecified atom stereocenters. The molecule has 2 N–H and O–H groups in total. The van der Waals surface area contributed by atoms with Crippen LogP contribution in [0.5, 0.6) is 5.75 Å². The Hall–Kier alpha value is -2.53. The van der Waals surface area contributed by atoms with Gasteiger partial charge < -0.3 is 15.4 Å². The predicted octanol–water partition coefficient (Wildman–Crippen LogP) is 3.77. The molecule has 2 amide bonds. The summed E-state index contributed by atoms with van der Waals surface area (Å²) in [6.45, 7) is 5.99. The Bertz CT molecular complexity index is 756. The van der Waals surface area contributed by atoms with Crippen molar-refractivity contribution in [3.8, 4) is 5.75 Å². The lowest BCUT2D eigenvalue weighted by atomic mass is 9.84. The minimum absolute atomic E-state index is 0.108. The van der Waals surface area contributed by atoms with Gasteiger partial charge in [-0.1, -0.05) is 23.7 Å². The van der Waals surface area contributed by atoms with Crippen LogP contribution in [-0.2, 0) is 15.0 Å². The lowest BCUT2D eigenvalue weighted by Gasteiger charge is -2.24. The maximum Gasteiger partial charge on any atom is 0.243 e. The topological polar surface area (TPSA) is 67.4 Å². The summed E-state index contributed by atoms with van der Waals surface area (Å²) < 4.78 is 5.35. The summed E-state index contributed by atoms with van der Waals surface area (Å²) in [5, 5.41) is 6.03. The molecule has 0 saturated heterocycles. The maximum atomic E-state index is 12.5. The normalized spacial score (nSPS) is 10.9. The van der Waals surface area contributed by atoms with Crippen LogP contribution in [0.25, 0.3) is 0 Å². The van der Waals surface area contributed by atoms with Gasteiger partial charge in [-0.2, -0.15) is 0 Å². The number of rotatable bonds is 7. The minimum Gasteiger partial charge on any atom is -0.494 e. The van der Waals surface area contributed by atoms with Crippen LogP contribution in [0.4, 0.5) is 5.69 Å². The Labute approximate surface area is 158 Å². The predicted molar refractivity (Wildman–Crippen MR) is 104 cm³/mol. The third kappa shape index (κ3) is 5.23. The molecule has 0 bridgehead atoms. The van der Waals surface area contributed by atoms with E-state index in [1.165, 1.54) is 0 Å². The number of carbonyl (C=O) groups excluding carboxylic acids is 2. The second kappa shape index (κ2) is 8.72. The third-order valence-electron chi connectivity index (χ3n) is 3.99. The highest BCUT2D eigenvalue weighted by Gasteiger charge is 2.29. The summed E-state index contributed by atoms with van der Waals surface area (Å²) in [6, 6.07) is 14.2. The zero-order chi connectivity index (χ0) is 19.2. The number of benzene rings is 2. The summed E-state index contributed by atoms with van der Waals surface area (Å²) in [4.78, 5) is 24.5. The molecule has 2 aromatic carbocycles. The average Bonchev–Trinajstić information content (AvgIpc) is 2.62. The molecule has 2 rings (SSSR count). The number of amides is 2. The van der Waals surface area contributed by atoms with E-state index in [1.807, 2.05) is 19.1 Å². The van der Waals surface area contributed by atoms with Crippen LogP contribution < -0.4 is 15.4 Å². The molecule has 0 saturated carbocycles. The quantitative estimate of drug-likeness (QED) is 0.775. The highest BCUT2D eigenvalue weighted by atomic mass is 35.5. The van der Waals surface area contributed by atoms with Crippen molar-refractivity contribution in [3.63, 3.8) is 0 Å². The Balaban J connectivity index is 1.89. The Kier molecular flexibility index (Phi) is 6.64. The smallest absolute Gasteiger partial charge is 0.243 e. The molecule has 26 heavy (non-hydrogen) atoms. The molecule has 0 aliphatic carbocycles. The second-order valence-electron chi connectivity index (χ2n) is 6.32. The lowest BCUT2D eigenvalue weighted by molar-refractivity contribution is -0.127. The van der Waals surface area contributed by atoms with Gasteiger partial charge in [-0.3, -0.25) is 9.59 Å². The molecular formula is C20H23ClN2O3. The van der Waals surface area contributed by atoms with E-state index in [4.69, 9.17) is 16.3 Å². The van der Waals surface area contributed by atoms with Gasteiger partial charge in [0, 0.05) is 10.7 Å². The highest BCUT2D eigenvalue weighted by molar-refractivity contribution is 6.30. The van der Waals surface area contributed by atoms with Crippen LogP contribution >= 0.6 is 11.6 Å². The van der Waals surface area contributed by atoms with Gasteiger partial charge in [0.2, 0.25) is 11.8 Å². The summed E-state index contributed by atoms with van der Waals surface area (Å²) in [5.41, 5.74) is 0.695. The standard InChI is InChI=1S/C20H23ClN2O3/c1-4-26-17-11-9-16(10-12-17)23-18(24)13-22-19(25)20(2,3)14-5-7-15(21)8-6-14/h5-12H,4,13H2,1-3H3,(H,22,25)(H,23,24). The SMILES string of the molecule is CCOc1ccc(NC(=O)CNC(=O)C(C)(C)c2ccc(Cl)cc2)cc1. The van der Waals surface area contributed by atoms with E-state index in [1.54, 1.807) is 50.2 Å². The van der Waals surface area contributed by atoms with Crippen molar-refractivity contribution in [2.75, 3.05) is 18.5 Å². The first kappa shape index (κ1) is 19.8. The van der Waals surface area contributed by atoms with E-state index in [-0.39, 0.29) is 18.4 Å². The number of halogens is 1. The van der Waals surface area contributed by atoms with Crippen molar-refractivity contribution in [2.24, 2.45) is 0 Å². The summed E-state index contributed by atoms with van der Waals surface area (Å²) in [6.07, 6.45) is 0. The van der Waals surface area contributed by atoms with Crippen LogP contribution in [0, 0.1) is 0 Å². The fourth-order valence-corrected chi connectivity index (χ4v) is 2.51. The third-order valence-corrected chi connectivity index (χ3v) is 4.24. The molecule has 0 aliphatic heterocycles. The lowest BCUT2D eigenvalue weighted by Crippen LogP contribution is -2.43. The number of nitrogens with one attached hydrogen (secondary N) is 2. The zero-order valence-corrected chi connectivity index (χ0v) is 15.9. The first-order chi connectivity index (χ1) is 12.3. The number of anilines is 1. The van der Waals surface area contributed by atoms with E-state index in [2.05, 4.69) is 10.6 Å². The molecule has 0 heterocycles. The van der Waals surface area contributed by atoms with Gasteiger partial charge in [0.25, 0.3) is 0 Å². The number of carbonyl (C=O) groups is 2. The van der Waals surface area contributed by atoms with Gasteiger partial charge in [-0.05, 0) is 62.7 Å². The second-order valence-corrected chi connectivity index (χ2v) is 6.76. The average molecular weight is 375 g/mol. The Morgan fingerprint density at radius 3 is 2.23 bits per heavy atom. The van der Waals surface area contributed by atoms with Gasteiger partial charge in [0.15, 0.2) is 0 Å². The fourth-order valence-electron chi connectivity index (χ4n) is 2.39. The van der Waals surface area contributed by atoms with Crippen LogP contribution in [0.3, 0.4) is 0 Å². The van der Waals surface area contributed by atoms with Crippen molar-refractivity contribution >= 4 is 29.1 Å². The van der Waals surface area contributed by atoms with Crippen molar-refractivity contribution in [2.45, 2.75) is 26.2 Å². The van der Waals surface area contributed by atoms with Gasteiger partial charge in [0.05, 0.1) is 18.6 Å². The summed E-state index contributed by atoms with van der Waals surface area (Å²) in [7, 11) is 0. The van der Waals surface area contributed by atoms with E-state index in [0.717, 1.165) is 11.3 Å². The van der Waals surface area contributed by atoms with E-state index >= 15 is 0 Å². The van der Waals surface area contributed by atoms with E-state index < -0.39 is 5.41 Å². The van der Waals surface area contributed by atoms with Crippen molar-refractivity contribution in [1.82, 2.24) is 5.32 Å². The first-order valence-electron chi connectivity index (χ1n) is 8.40. The summed E-state index contributed by atoms with van der Waals surface area (Å²) in [5.74, 6) is 0.208. The Morgan fingerprint density at radius 2 is 1.65 bits per heavy atom. The molecule has 0 aromatic heterocycles. The number of hydrogen-bond acceptors (Lipinski definition) is 3. The molecular weight excluding hydrogens is 352 g/mol. The zero-order valence-electron chi connectivity index (χ0n) is 15.1. The van der Waals surface area contributed by atoms with Gasteiger partial charge in [-0.25, -0.2) is 0 Å². The highest BCUT2D eigenvalue weighted by Crippen LogP contribution is 2.24.